The summed E-state index contributed by atoms with van der Waals surface area (Å²) in [6, 6.07) is 8.35. The number of benzene rings is 1. The number of nitrogens with zero attached hydrogens (tertiary/aromatic N) is 2. The lowest BCUT2D eigenvalue weighted by Gasteiger charge is -2.03. The third-order valence-electron chi connectivity index (χ3n) is 2.61. The van der Waals surface area contributed by atoms with Crippen LogP contribution >= 0.6 is 0 Å². The van der Waals surface area contributed by atoms with Gasteiger partial charge in [-0.2, -0.15) is 5.10 Å². The number of aromatic nitrogens is 2. The van der Waals surface area contributed by atoms with Gasteiger partial charge in [-0.1, -0.05) is 12.1 Å². The molecule has 1 amide bonds. The van der Waals surface area contributed by atoms with E-state index in [0.29, 0.717) is 11.5 Å². The second-order valence-corrected chi connectivity index (χ2v) is 6.44. The zero-order chi connectivity index (χ0) is 16.2. The molecular weight excluding hydrogens is 304 g/mol. The van der Waals surface area contributed by atoms with Gasteiger partial charge in [0.25, 0.3) is 0 Å². The molecule has 0 atom stereocenters. The van der Waals surface area contributed by atoms with Gasteiger partial charge in [0.05, 0.1) is 6.26 Å². The quantitative estimate of drug-likeness (QED) is 0.815. The van der Waals surface area contributed by atoms with Crippen LogP contribution in [0, 0.1) is 0 Å². The Bertz CT molecular complexity index is 792. The van der Waals surface area contributed by atoms with Crippen LogP contribution in [0.5, 0.6) is 0 Å². The Balaban J connectivity index is 1.96. The minimum atomic E-state index is -3.29. The van der Waals surface area contributed by atoms with Gasteiger partial charge in [0.2, 0.25) is 15.9 Å². The topological polar surface area (TPSA) is 93.1 Å². The molecule has 0 spiro atoms. The van der Waals surface area contributed by atoms with Crippen LogP contribution in [-0.2, 0) is 21.9 Å². The largest absolute Gasteiger partial charge is 0.306 e. The van der Waals surface area contributed by atoms with E-state index in [0.717, 1.165) is 11.8 Å². The summed E-state index contributed by atoms with van der Waals surface area (Å²) < 4.78 is 26.1. The van der Waals surface area contributed by atoms with Crippen molar-refractivity contribution in [3.05, 3.63) is 48.2 Å². The summed E-state index contributed by atoms with van der Waals surface area (Å²) in [6.45, 7) is 0. The molecule has 0 aliphatic rings. The van der Waals surface area contributed by atoms with Crippen molar-refractivity contribution in [1.82, 2.24) is 9.78 Å². The van der Waals surface area contributed by atoms with Crippen LogP contribution in [0.25, 0.3) is 6.08 Å². The molecule has 0 aliphatic carbocycles. The van der Waals surface area contributed by atoms with E-state index in [4.69, 9.17) is 0 Å². The van der Waals surface area contributed by atoms with E-state index in [1.165, 1.54) is 6.08 Å². The minimum Gasteiger partial charge on any atom is -0.306 e. The van der Waals surface area contributed by atoms with E-state index in [1.807, 2.05) is 0 Å². The van der Waals surface area contributed by atoms with Crippen LogP contribution in [0.15, 0.2) is 42.6 Å². The number of carbonyl (C=O) groups excluding carboxylic acids is 1. The molecule has 1 aromatic carbocycles. The molecule has 22 heavy (non-hydrogen) atoms. The van der Waals surface area contributed by atoms with Crippen molar-refractivity contribution in [2.75, 3.05) is 16.3 Å². The van der Waals surface area contributed by atoms with Crippen molar-refractivity contribution in [2.45, 2.75) is 0 Å². The number of hydrogen-bond donors (Lipinski definition) is 2. The number of aryl methyl sites for hydroxylation is 1. The summed E-state index contributed by atoms with van der Waals surface area (Å²) in [5, 5.41) is 6.66. The zero-order valence-electron chi connectivity index (χ0n) is 12.1. The number of hydrogen-bond acceptors (Lipinski definition) is 4. The number of carbonyl (C=O) groups is 1. The van der Waals surface area contributed by atoms with Gasteiger partial charge in [-0.05, 0) is 23.8 Å². The number of sulfonamides is 1. The second kappa shape index (κ2) is 6.44. The molecule has 0 fully saturated rings. The third kappa shape index (κ3) is 5.06. The predicted molar refractivity (Wildman–Crippen MR) is 85.8 cm³/mol. The lowest BCUT2D eigenvalue weighted by atomic mass is 10.2. The number of anilines is 2. The third-order valence-corrected chi connectivity index (χ3v) is 3.21. The summed E-state index contributed by atoms with van der Waals surface area (Å²) in [5.41, 5.74) is 1.24. The predicted octanol–water partition coefficient (Wildman–Crippen LogP) is 1.44. The SMILES string of the molecule is Cn1ccc(NC(=O)/C=C/c2ccc(NS(C)(=O)=O)cc2)n1. The fourth-order valence-corrected chi connectivity index (χ4v) is 2.26. The van der Waals surface area contributed by atoms with Crippen LogP contribution in [0.4, 0.5) is 11.5 Å². The molecule has 0 saturated heterocycles. The zero-order valence-corrected chi connectivity index (χ0v) is 13.0. The monoisotopic (exact) mass is 320 g/mol. The van der Waals surface area contributed by atoms with Crippen molar-refractivity contribution in [3.63, 3.8) is 0 Å². The molecule has 116 valence electrons. The Morgan fingerprint density at radius 2 is 1.91 bits per heavy atom. The summed E-state index contributed by atoms with van der Waals surface area (Å²) >= 11 is 0. The fourth-order valence-electron chi connectivity index (χ4n) is 1.70. The first-order valence-electron chi connectivity index (χ1n) is 6.38. The number of nitrogens with one attached hydrogen (secondary N) is 2. The highest BCUT2D eigenvalue weighted by molar-refractivity contribution is 7.92. The Morgan fingerprint density at radius 3 is 2.45 bits per heavy atom. The van der Waals surface area contributed by atoms with Gasteiger partial charge in [0.15, 0.2) is 5.82 Å². The number of rotatable bonds is 5. The van der Waals surface area contributed by atoms with Gasteiger partial charge < -0.3 is 5.32 Å². The Hall–Kier alpha value is -2.61. The van der Waals surface area contributed by atoms with Crippen LogP contribution in [0.1, 0.15) is 5.56 Å². The van der Waals surface area contributed by atoms with Crippen molar-refractivity contribution < 1.29 is 13.2 Å². The lowest BCUT2D eigenvalue weighted by Crippen LogP contribution is -2.09. The van der Waals surface area contributed by atoms with Gasteiger partial charge in [-0.15, -0.1) is 0 Å². The lowest BCUT2D eigenvalue weighted by molar-refractivity contribution is -0.111. The van der Waals surface area contributed by atoms with Crippen molar-refractivity contribution >= 4 is 33.5 Å². The summed E-state index contributed by atoms with van der Waals surface area (Å²) in [5.74, 6) is 0.182. The first-order valence-corrected chi connectivity index (χ1v) is 8.27. The molecular formula is C14H16N4O3S. The molecule has 0 bridgehead atoms. The Labute approximate surface area is 128 Å². The van der Waals surface area contributed by atoms with Gasteiger partial charge in [0.1, 0.15) is 0 Å². The van der Waals surface area contributed by atoms with Crippen LogP contribution < -0.4 is 10.0 Å². The number of amides is 1. The van der Waals surface area contributed by atoms with Crippen LogP contribution in [0.2, 0.25) is 0 Å². The van der Waals surface area contributed by atoms with Crippen LogP contribution in [-0.4, -0.2) is 30.4 Å². The molecule has 0 radical (unpaired) electrons. The molecule has 1 aromatic heterocycles. The molecule has 2 aromatic rings. The molecule has 0 unspecified atom stereocenters. The molecule has 0 saturated carbocycles. The highest BCUT2D eigenvalue weighted by atomic mass is 32.2. The molecule has 7 nitrogen and oxygen atoms in total. The first-order chi connectivity index (χ1) is 10.3. The maximum Gasteiger partial charge on any atom is 0.249 e. The van der Waals surface area contributed by atoms with Gasteiger partial charge in [0, 0.05) is 31.1 Å². The van der Waals surface area contributed by atoms with E-state index < -0.39 is 10.0 Å². The normalized spacial score (nSPS) is 11.5. The standard InChI is InChI=1S/C14H16N4O3S/c1-18-10-9-13(16-18)15-14(19)8-5-11-3-6-12(7-4-11)17-22(2,20)21/h3-10,17H,1-2H3,(H,15,16,19)/b8-5+. The first kappa shape index (κ1) is 15.8. The maximum atomic E-state index is 11.7. The fraction of sp³-hybridized carbons (Fsp3) is 0.143. The average Bonchev–Trinajstić information content (AvgIpc) is 2.81. The molecule has 2 N–H and O–H groups in total. The summed E-state index contributed by atoms with van der Waals surface area (Å²) in [7, 11) is -1.53. The molecule has 2 rings (SSSR count). The summed E-state index contributed by atoms with van der Waals surface area (Å²) in [4.78, 5) is 11.7. The molecule has 0 aliphatic heterocycles. The highest BCUT2D eigenvalue weighted by Crippen LogP contribution is 2.12. The van der Waals surface area contributed by atoms with Gasteiger partial charge in [-0.3, -0.25) is 14.2 Å². The van der Waals surface area contributed by atoms with E-state index in [-0.39, 0.29) is 5.91 Å². The Kier molecular flexibility index (Phi) is 4.62. The van der Waals surface area contributed by atoms with E-state index in [9.17, 15) is 13.2 Å². The maximum absolute atomic E-state index is 11.7. The average molecular weight is 320 g/mol. The van der Waals surface area contributed by atoms with Crippen molar-refractivity contribution in [1.29, 1.82) is 0 Å². The van der Waals surface area contributed by atoms with Crippen molar-refractivity contribution in [2.24, 2.45) is 7.05 Å². The van der Waals surface area contributed by atoms with Crippen molar-refractivity contribution in [3.8, 4) is 0 Å². The van der Waals surface area contributed by atoms with E-state index in [1.54, 1.807) is 54.3 Å². The van der Waals surface area contributed by atoms with Gasteiger partial charge >= 0.3 is 0 Å². The minimum absolute atomic E-state index is 0.294. The van der Waals surface area contributed by atoms with Gasteiger partial charge in [-0.25, -0.2) is 8.42 Å². The Morgan fingerprint density at radius 1 is 1.23 bits per heavy atom. The molecule has 8 heteroatoms. The van der Waals surface area contributed by atoms with Crippen LogP contribution in [0.3, 0.4) is 0 Å². The van der Waals surface area contributed by atoms with E-state index in [2.05, 4.69) is 15.1 Å². The summed E-state index contributed by atoms with van der Waals surface area (Å²) in [6.07, 6.45) is 5.83. The smallest absolute Gasteiger partial charge is 0.249 e. The second-order valence-electron chi connectivity index (χ2n) is 4.69. The molecule has 1 heterocycles. The highest BCUT2D eigenvalue weighted by Gasteiger charge is 2.02. The van der Waals surface area contributed by atoms with E-state index >= 15 is 0 Å².